The van der Waals surface area contributed by atoms with Crippen molar-refractivity contribution in [3.63, 3.8) is 0 Å². The van der Waals surface area contributed by atoms with Crippen molar-refractivity contribution < 1.29 is 32.7 Å². The molecule has 1 nitrogen and oxygen atoms in total. The van der Waals surface area contributed by atoms with Crippen LogP contribution in [0, 0.1) is 13.8 Å². The molecule has 0 atom stereocenters. The molecule has 0 rings (SSSR count). The average molecular weight is 174 g/mol. The van der Waals surface area contributed by atoms with Gasteiger partial charge in [-0.3, -0.25) is 0 Å². The summed E-state index contributed by atoms with van der Waals surface area (Å²) in [4.78, 5) is 2.03. The van der Waals surface area contributed by atoms with Gasteiger partial charge in [0.2, 0.25) is 0 Å². The molecule has 2 heteroatoms. The Bertz CT molecular complexity index is 27.3. The van der Waals surface area contributed by atoms with Crippen LogP contribution in [0.15, 0.2) is 0 Å². The van der Waals surface area contributed by atoms with Crippen molar-refractivity contribution in [1.82, 2.24) is 4.90 Å². The van der Waals surface area contributed by atoms with Crippen molar-refractivity contribution in [2.45, 2.75) is 0 Å². The third-order valence-corrected chi connectivity index (χ3v) is 0.763. The fraction of sp³-hybridized carbons (Fsp3) is 0.600. The van der Waals surface area contributed by atoms with Crippen LogP contribution in [0.3, 0.4) is 0 Å². The number of nitrogens with zero attached hydrogens (tertiary/aromatic N) is 1. The van der Waals surface area contributed by atoms with E-state index in [9.17, 15) is 0 Å². The molecule has 0 bridgehead atoms. The second kappa shape index (κ2) is 7.06. The Hall–Kier alpha value is 1.06. The molecular weight excluding hydrogens is 163 g/mol. The van der Waals surface area contributed by atoms with Gasteiger partial charge in [0.1, 0.15) is 0 Å². The molecule has 0 saturated carbocycles. The van der Waals surface area contributed by atoms with Gasteiger partial charge in [-0.2, -0.15) is 0 Å². The standard InChI is InChI=1S/C5H11N.Y/c1-4-6(3)5-2;/h1-2,4-5H2,3H3;/q-2;. The summed E-state index contributed by atoms with van der Waals surface area (Å²) < 4.78 is 0. The van der Waals surface area contributed by atoms with Crippen LogP contribution in [0.25, 0.3) is 0 Å². The Labute approximate surface area is 71.3 Å². The fourth-order valence-electron chi connectivity index (χ4n) is 0.112. The van der Waals surface area contributed by atoms with E-state index >= 15 is 0 Å². The van der Waals surface area contributed by atoms with E-state index in [0.717, 1.165) is 13.1 Å². The summed E-state index contributed by atoms with van der Waals surface area (Å²) in [6.45, 7) is 8.99. The predicted octanol–water partition coefficient (Wildman–Crippen LogP) is 0.584. The van der Waals surface area contributed by atoms with E-state index in [1.54, 1.807) is 0 Å². The van der Waals surface area contributed by atoms with Gasteiger partial charge in [0.15, 0.2) is 0 Å². The Morgan fingerprint density at radius 1 is 1.29 bits per heavy atom. The van der Waals surface area contributed by atoms with Crippen LogP contribution in [0.1, 0.15) is 0 Å². The van der Waals surface area contributed by atoms with Crippen LogP contribution in [0.2, 0.25) is 0 Å². The minimum atomic E-state index is 0. The Balaban J connectivity index is 0. The second-order valence-corrected chi connectivity index (χ2v) is 1.30. The van der Waals surface area contributed by atoms with Gasteiger partial charge in [-0.15, -0.1) is 13.1 Å². The van der Waals surface area contributed by atoms with Crippen LogP contribution in [0.4, 0.5) is 0 Å². The van der Waals surface area contributed by atoms with Crippen LogP contribution >= 0.6 is 0 Å². The molecule has 0 amide bonds. The van der Waals surface area contributed by atoms with E-state index < -0.39 is 0 Å². The summed E-state index contributed by atoms with van der Waals surface area (Å²) in [6.07, 6.45) is 0. The van der Waals surface area contributed by atoms with Gasteiger partial charge in [0.05, 0.1) is 0 Å². The Morgan fingerprint density at radius 3 is 1.57 bits per heavy atom. The summed E-state index contributed by atoms with van der Waals surface area (Å²) in [5.41, 5.74) is 0. The van der Waals surface area contributed by atoms with E-state index in [2.05, 4.69) is 13.8 Å². The molecule has 0 heterocycles. The van der Waals surface area contributed by atoms with Crippen molar-refractivity contribution in [3.8, 4) is 0 Å². The number of hydrogen-bond donors (Lipinski definition) is 0. The molecule has 1 radical (unpaired) electrons. The van der Waals surface area contributed by atoms with Gasteiger partial charge < -0.3 is 18.7 Å². The van der Waals surface area contributed by atoms with Crippen LogP contribution in [-0.4, -0.2) is 25.0 Å². The van der Waals surface area contributed by atoms with Gasteiger partial charge in [-0.1, -0.05) is 0 Å². The van der Waals surface area contributed by atoms with Crippen molar-refractivity contribution in [2.24, 2.45) is 0 Å². The molecular formula is C5H11NY-2. The minimum Gasteiger partial charge on any atom is -0.365 e. The molecule has 7 heavy (non-hydrogen) atoms. The normalized spacial score (nSPS) is 8.57. The van der Waals surface area contributed by atoms with Crippen molar-refractivity contribution >= 4 is 0 Å². The van der Waals surface area contributed by atoms with Gasteiger partial charge in [-0.25, -0.2) is 0 Å². The van der Waals surface area contributed by atoms with Gasteiger partial charge >= 0.3 is 0 Å². The first-order valence-electron chi connectivity index (χ1n) is 2.08. The zero-order valence-corrected chi connectivity index (χ0v) is 7.69. The maximum Gasteiger partial charge on any atom is 0 e. The van der Waals surface area contributed by atoms with Crippen LogP contribution < -0.4 is 0 Å². The summed E-state index contributed by atoms with van der Waals surface area (Å²) >= 11 is 0. The first kappa shape index (κ1) is 10.9. The van der Waals surface area contributed by atoms with Gasteiger partial charge in [0, 0.05) is 32.7 Å². The Morgan fingerprint density at radius 2 is 1.57 bits per heavy atom. The third-order valence-electron chi connectivity index (χ3n) is 0.763. The van der Waals surface area contributed by atoms with Crippen molar-refractivity contribution in [1.29, 1.82) is 0 Å². The maximum absolute atomic E-state index is 3.64. The average Bonchev–Trinajstić information content (AvgIpc) is 1.65. The molecule has 0 aromatic heterocycles. The monoisotopic (exact) mass is 174 g/mol. The molecule has 0 N–H and O–H groups in total. The molecule has 0 saturated heterocycles. The van der Waals surface area contributed by atoms with Gasteiger partial charge in [-0.05, 0) is 7.05 Å². The van der Waals surface area contributed by atoms with Crippen LogP contribution in [-0.2, 0) is 32.7 Å². The topological polar surface area (TPSA) is 3.24 Å². The molecule has 41 valence electrons. The zero-order chi connectivity index (χ0) is 4.99. The first-order valence-corrected chi connectivity index (χ1v) is 2.08. The van der Waals surface area contributed by atoms with E-state index in [1.165, 1.54) is 0 Å². The number of hydrogen-bond acceptors (Lipinski definition) is 1. The van der Waals surface area contributed by atoms with E-state index in [4.69, 9.17) is 0 Å². The predicted molar refractivity (Wildman–Crippen MR) is 28.2 cm³/mol. The first-order chi connectivity index (χ1) is 2.81. The maximum atomic E-state index is 3.64. The molecule has 0 fully saturated rings. The van der Waals surface area contributed by atoms with Gasteiger partial charge in [0.25, 0.3) is 0 Å². The fourth-order valence-corrected chi connectivity index (χ4v) is 0.112. The van der Waals surface area contributed by atoms with Crippen molar-refractivity contribution in [3.05, 3.63) is 13.8 Å². The second-order valence-electron chi connectivity index (χ2n) is 1.30. The van der Waals surface area contributed by atoms with E-state index in [0.29, 0.717) is 0 Å². The SMILES string of the molecule is [CH2-]CN(C)C[CH2-].[Y]. The summed E-state index contributed by atoms with van der Waals surface area (Å²) in [6, 6.07) is 0. The third kappa shape index (κ3) is 7.06. The summed E-state index contributed by atoms with van der Waals surface area (Å²) in [5.74, 6) is 0. The molecule has 0 aliphatic rings. The zero-order valence-electron chi connectivity index (χ0n) is 4.85. The van der Waals surface area contributed by atoms with Crippen LogP contribution in [0.5, 0.6) is 0 Å². The number of rotatable bonds is 2. The summed E-state index contributed by atoms with van der Waals surface area (Å²) in [7, 11) is 1.99. The largest absolute Gasteiger partial charge is 0.365 e. The molecule has 0 aromatic rings. The molecule has 0 spiro atoms. The van der Waals surface area contributed by atoms with Crippen molar-refractivity contribution in [2.75, 3.05) is 20.1 Å². The quantitative estimate of drug-likeness (QED) is 0.553. The Kier molecular flexibility index (Phi) is 11.0. The smallest absolute Gasteiger partial charge is 0 e. The minimum absolute atomic E-state index is 0. The summed E-state index contributed by atoms with van der Waals surface area (Å²) in [5, 5.41) is 0. The molecule has 0 unspecified atom stereocenters. The molecule has 0 aromatic carbocycles. The van der Waals surface area contributed by atoms with E-state index in [-0.39, 0.29) is 32.7 Å². The molecule has 0 aliphatic carbocycles. The van der Waals surface area contributed by atoms with E-state index in [1.807, 2.05) is 11.9 Å². The molecule has 0 aliphatic heterocycles.